The van der Waals surface area contributed by atoms with E-state index in [1.165, 1.54) is 25.9 Å². The van der Waals surface area contributed by atoms with Crippen molar-refractivity contribution in [3.63, 3.8) is 0 Å². The van der Waals surface area contributed by atoms with Gasteiger partial charge in [-0.3, -0.25) is 0 Å². The fourth-order valence-electron chi connectivity index (χ4n) is 1.84. The van der Waals surface area contributed by atoms with Crippen molar-refractivity contribution in [1.82, 2.24) is 15.5 Å². The number of hydrogen-bond donors (Lipinski definition) is 2. The molecule has 0 aromatic rings. The second-order valence-corrected chi connectivity index (χ2v) is 5.55. The van der Waals surface area contributed by atoms with E-state index in [1.54, 1.807) is 0 Å². The molecule has 0 aliphatic carbocycles. The van der Waals surface area contributed by atoms with E-state index in [0.717, 1.165) is 19.0 Å². The summed E-state index contributed by atoms with van der Waals surface area (Å²) < 4.78 is 0. The molecular weight excluding hydrogens is 186 g/mol. The van der Waals surface area contributed by atoms with E-state index >= 15 is 0 Å². The molecule has 90 valence electrons. The van der Waals surface area contributed by atoms with Crippen molar-refractivity contribution in [3.8, 4) is 0 Å². The first-order valence-corrected chi connectivity index (χ1v) is 6.11. The van der Waals surface area contributed by atoms with Crippen LogP contribution in [0.5, 0.6) is 0 Å². The molecule has 0 aromatic heterocycles. The largest absolute Gasteiger partial charge is 0.316 e. The molecule has 1 aliphatic rings. The van der Waals surface area contributed by atoms with Gasteiger partial charge in [-0.15, -0.1) is 0 Å². The smallest absolute Gasteiger partial charge is 0.0271 e. The average molecular weight is 213 g/mol. The van der Waals surface area contributed by atoms with Crippen LogP contribution in [0.15, 0.2) is 0 Å². The first-order valence-electron chi connectivity index (χ1n) is 6.11. The predicted octanol–water partition coefficient (Wildman–Crippen LogP) is 0.916. The maximum absolute atomic E-state index is 3.60. The predicted molar refractivity (Wildman–Crippen MR) is 66.2 cm³/mol. The Hall–Kier alpha value is -0.120. The van der Waals surface area contributed by atoms with E-state index in [-0.39, 0.29) is 5.54 Å². The molecule has 2 N–H and O–H groups in total. The van der Waals surface area contributed by atoms with Gasteiger partial charge in [0, 0.05) is 12.1 Å². The summed E-state index contributed by atoms with van der Waals surface area (Å²) in [6.07, 6.45) is 2.71. The number of nitrogens with zero attached hydrogens (tertiary/aromatic N) is 1. The van der Waals surface area contributed by atoms with Crippen LogP contribution in [-0.4, -0.2) is 50.7 Å². The van der Waals surface area contributed by atoms with E-state index in [4.69, 9.17) is 0 Å². The Balaban J connectivity index is 2.14. The monoisotopic (exact) mass is 213 g/mol. The minimum absolute atomic E-state index is 0.252. The van der Waals surface area contributed by atoms with Crippen molar-refractivity contribution in [1.29, 1.82) is 0 Å². The van der Waals surface area contributed by atoms with Gasteiger partial charge in [-0.2, -0.15) is 0 Å². The topological polar surface area (TPSA) is 27.3 Å². The highest BCUT2D eigenvalue weighted by Crippen LogP contribution is 2.10. The Morgan fingerprint density at radius 2 is 2.13 bits per heavy atom. The molecule has 3 heteroatoms. The molecule has 1 aliphatic heterocycles. The molecular formula is C12H27N3. The SMILES string of the molecule is CN(C)C(C)(C)CNCC1CCCNC1. The highest BCUT2D eigenvalue weighted by Gasteiger charge is 2.20. The Morgan fingerprint density at radius 3 is 2.67 bits per heavy atom. The summed E-state index contributed by atoms with van der Waals surface area (Å²) in [6.45, 7) is 9.17. The van der Waals surface area contributed by atoms with Crippen LogP contribution in [0.2, 0.25) is 0 Å². The number of piperidine rings is 1. The van der Waals surface area contributed by atoms with Gasteiger partial charge in [0.05, 0.1) is 0 Å². The number of nitrogens with one attached hydrogen (secondary N) is 2. The second-order valence-electron chi connectivity index (χ2n) is 5.55. The molecule has 1 saturated heterocycles. The van der Waals surface area contributed by atoms with Crippen LogP contribution in [0.3, 0.4) is 0 Å². The first-order chi connectivity index (χ1) is 7.02. The summed E-state index contributed by atoms with van der Waals surface area (Å²) in [5.41, 5.74) is 0.252. The lowest BCUT2D eigenvalue weighted by atomic mass is 9.98. The normalized spacial score (nSPS) is 23.4. The van der Waals surface area contributed by atoms with Gasteiger partial charge in [0.15, 0.2) is 0 Å². The molecule has 1 unspecified atom stereocenters. The zero-order valence-corrected chi connectivity index (χ0v) is 10.8. The fourth-order valence-corrected chi connectivity index (χ4v) is 1.84. The average Bonchev–Trinajstić information content (AvgIpc) is 2.19. The van der Waals surface area contributed by atoms with Crippen molar-refractivity contribution < 1.29 is 0 Å². The summed E-state index contributed by atoms with van der Waals surface area (Å²) >= 11 is 0. The Bertz CT molecular complexity index is 172. The third kappa shape index (κ3) is 4.49. The minimum Gasteiger partial charge on any atom is -0.316 e. The van der Waals surface area contributed by atoms with Crippen LogP contribution in [0.25, 0.3) is 0 Å². The molecule has 1 atom stereocenters. The van der Waals surface area contributed by atoms with E-state index < -0.39 is 0 Å². The highest BCUT2D eigenvalue weighted by atomic mass is 15.2. The maximum Gasteiger partial charge on any atom is 0.0271 e. The number of rotatable bonds is 5. The van der Waals surface area contributed by atoms with Gasteiger partial charge in [-0.05, 0) is 66.3 Å². The molecule has 1 fully saturated rings. The molecule has 1 heterocycles. The second kappa shape index (κ2) is 5.83. The molecule has 0 aromatic carbocycles. The van der Waals surface area contributed by atoms with Crippen molar-refractivity contribution in [2.75, 3.05) is 40.3 Å². The lowest BCUT2D eigenvalue weighted by Crippen LogP contribution is -2.48. The molecule has 0 bridgehead atoms. The Kier molecular flexibility index (Phi) is 5.03. The van der Waals surface area contributed by atoms with E-state index in [0.29, 0.717) is 0 Å². The number of hydrogen-bond acceptors (Lipinski definition) is 3. The van der Waals surface area contributed by atoms with E-state index in [2.05, 4.69) is 43.5 Å². The quantitative estimate of drug-likeness (QED) is 0.711. The van der Waals surface area contributed by atoms with Crippen LogP contribution in [-0.2, 0) is 0 Å². The van der Waals surface area contributed by atoms with Gasteiger partial charge < -0.3 is 15.5 Å². The standard InChI is InChI=1S/C12H27N3/c1-12(2,15(3)4)10-14-9-11-6-5-7-13-8-11/h11,13-14H,5-10H2,1-4H3. The summed E-state index contributed by atoms with van der Waals surface area (Å²) in [5, 5.41) is 7.05. The lowest BCUT2D eigenvalue weighted by molar-refractivity contribution is 0.186. The van der Waals surface area contributed by atoms with E-state index in [9.17, 15) is 0 Å². The van der Waals surface area contributed by atoms with Crippen molar-refractivity contribution >= 4 is 0 Å². The molecule has 15 heavy (non-hydrogen) atoms. The summed E-state index contributed by atoms with van der Waals surface area (Å²) in [5.74, 6) is 0.830. The fraction of sp³-hybridized carbons (Fsp3) is 1.00. The van der Waals surface area contributed by atoms with Crippen LogP contribution in [0, 0.1) is 5.92 Å². The summed E-state index contributed by atoms with van der Waals surface area (Å²) in [7, 11) is 4.29. The molecule has 1 rings (SSSR count). The molecule has 3 nitrogen and oxygen atoms in total. The summed E-state index contributed by atoms with van der Waals surface area (Å²) in [4.78, 5) is 2.28. The van der Waals surface area contributed by atoms with Gasteiger partial charge >= 0.3 is 0 Å². The summed E-state index contributed by atoms with van der Waals surface area (Å²) in [6, 6.07) is 0. The molecule has 0 amide bonds. The van der Waals surface area contributed by atoms with Gasteiger partial charge in [0.25, 0.3) is 0 Å². The van der Waals surface area contributed by atoms with Crippen molar-refractivity contribution in [2.24, 2.45) is 5.92 Å². The molecule has 0 radical (unpaired) electrons. The minimum atomic E-state index is 0.252. The lowest BCUT2D eigenvalue weighted by Gasteiger charge is -2.33. The molecule has 0 spiro atoms. The van der Waals surface area contributed by atoms with Crippen molar-refractivity contribution in [2.45, 2.75) is 32.2 Å². The molecule has 0 saturated carbocycles. The Morgan fingerprint density at radius 1 is 1.40 bits per heavy atom. The third-order valence-corrected chi connectivity index (χ3v) is 3.60. The van der Waals surface area contributed by atoms with Crippen LogP contribution < -0.4 is 10.6 Å². The first kappa shape index (κ1) is 12.9. The maximum atomic E-state index is 3.60. The Labute approximate surface area is 94.6 Å². The van der Waals surface area contributed by atoms with Gasteiger partial charge in [-0.25, -0.2) is 0 Å². The third-order valence-electron chi connectivity index (χ3n) is 3.60. The van der Waals surface area contributed by atoms with Gasteiger partial charge in [-0.1, -0.05) is 0 Å². The van der Waals surface area contributed by atoms with Crippen LogP contribution in [0.1, 0.15) is 26.7 Å². The van der Waals surface area contributed by atoms with Crippen LogP contribution >= 0.6 is 0 Å². The van der Waals surface area contributed by atoms with Crippen LogP contribution in [0.4, 0.5) is 0 Å². The zero-order chi connectivity index (χ0) is 11.3. The number of likely N-dealkylation sites (N-methyl/N-ethyl adjacent to an activating group) is 1. The van der Waals surface area contributed by atoms with E-state index in [1.807, 2.05) is 0 Å². The van der Waals surface area contributed by atoms with Gasteiger partial charge in [0.1, 0.15) is 0 Å². The highest BCUT2D eigenvalue weighted by molar-refractivity contribution is 4.81. The zero-order valence-electron chi connectivity index (χ0n) is 10.8. The van der Waals surface area contributed by atoms with Gasteiger partial charge in [0.2, 0.25) is 0 Å². The van der Waals surface area contributed by atoms with Crippen molar-refractivity contribution in [3.05, 3.63) is 0 Å².